The van der Waals surface area contributed by atoms with Gasteiger partial charge < -0.3 is 14.8 Å². The van der Waals surface area contributed by atoms with Crippen LogP contribution in [0.25, 0.3) is 22.2 Å². The van der Waals surface area contributed by atoms with E-state index >= 15 is 0 Å². The Labute approximate surface area is 209 Å². The lowest BCUT2D eigenvalue weighted by Gasteiger charge is -2.12. The van der Waals surface area contributed by atoms with E-state index in [1.807, 2.05) is 30.3 Å². The zero-order chi connectivity index (χ0) is 25.8. The maximum absolute atomic E-state index is 12.7. The minimum atomic E-state index is -1.15. The average molecular weight is 485 g/mol. The number of aliphatic carboxylic acids is 1. The van der Waals surface area contributed by atoms with E-state index in [9.17, 15) is 24.6 Å². The maximum atomic E-state index is 12.7. The third-order valence-electron chi connectivity index (χ3n) is 6.39. The predicted octanol–water partition coefficient (Wildman–Crippen LogP) is 5.70. The fraction of sp³-hybridized carbons (Fsp3) is 0.241. The zero-order valence-electron chi connectivity index (χ0n) is 20.3. The Hall–Kier alpha value is -4.26. The number of ketones is 1. The average Bonchev–Trinajstić information content (AvgIpc) is 3.23. The highest BCUT2D eigenvalue weighted by Crippen LogP contribution is 2.26. The van der Waals surface area contributed by atoms with Gasteiger partial charge >= 0.3 is 11.9 Å². The summed E-state index contributed by atoms with van der Waals surface area (Å²) in [6, 6.07) is 19.8. The molecule has 0 aliphatic heterocycles. The van der Waals surface area contributed by atoms with Gasteiger partial charge in [0.2, 0.25) is 0 Å². The van der Waals surface area contributed by atoms with Gasteiger partial charge in [0, 0.05) is 18.5 Å². The summed E-state index contributed by atoms with van der Waals surface area (Å²) in [7, 11) is 0. The summed E-state index contributed by atoms with van der Waals surface area (Å²) >= 11 is 0. The van der Waals surface area contributed by atoms with Gasteiger partial charge in [-0.2, -0.15) is 0 Å². The summed E-state index contributed by atoms with van der Waals surface area (Å²) in [5, 5.41) is 18.8. The van der Waals surface area contributed by atoms with Gasteiger partial charge in [0.05, 0.1) is 16.6 Å². The molecule has 7 nitrogen and oxygen atoms in total. The first kappa shape index (κ1) is 24.9. The van der Waals surface area contributed by atoms with Gasteiger partial charge in [0.1, 0.15) is 11.7 Å². The Balaban J connectivity index is 1.71. The minimum absolute atomic E-state index is 0.250. The third-order valence-corrected chi connectivity index (χ3v) is 6.39. The topological polar surface area (TPSA) is 109 Å². The molecular weight excluding hydrogens is 456 g/mol. The van der Waals surface area contributed by atoms with E-state index in [4.69, 9.17) is 4.98 Å². The first-order chi connectivity index (χ1) is 17.3. The number of hydrogen-bond acceptors (Lipinski definition) is 4. The van der Waals surface area contributed by atoms with Crippen LogP contribution in [-0.4, -0.2) is 37.5 Å². The second-order valence-electron chi connectivity index (χ2n) is 8.89. The number of carbonyl (C=O) groups is 3. The van der Waals surface area contributed by atoms with E-state index in [0.29, 0.717) is 17.7 Å². The molecule has 0 saturated carbocycles. The Kier molecular flexibility index (Phi) is 7.29. The van der Waals surface area contributed by atoms with E-state index in [1.54, 1.807) is 36.4 Å². The molecular formula is C29H28N2O5. The van der Waals surface area contributed by atoms with Crippen molar-refractivity contribution in [2.75, 3.05) is 0 Å². The normalized spacial score (nSPS) is 11.9. The number of unbranched alkanes of at least 4 members (excludes halogenated alkanes) is 1. The molecule has 4 aromatic rings. The number of Topliss-reactive ketones (excluding diaryl/α,β-unsaturated/α-hetero) is 1. The monoisotopic (exact) mass is 484 g/mol. The molecule has 0 spiro atoms. The number of aromatic carboxylic acids is 1. The number of aryl methyl sites for hydroxylation is 1. The highest BCUT2D eigenvalue weighted by atomic mass is 16.4. The lowest BCUT2D eigenvalue weighted by atomic mass is 9.98. The Morgan fingerprint density at radius 2 is 1.69 bits per heavy atom. The van der Waals surface area contributed by atoms with E-state index in [-0.39, 0.29) is 5.56 Å². The Bertz CT molecular complexity index is 1440. The molecule has 0 aliphatic rings. The smallest absolute Gasteiger partial charge is 0.336 e. The molecule has 7 heteroatoms. The molecule has 0 amide bonds. The number of rotatable bonds is 10. The summed E-state index contributed by atoms with van der Waals surface area (Å²) in [4.78, 5) is 40.4. The van der Waals surface area contributed by atoms with Gasteiger partial charge in [-0.3, -0.25) is 9.59 Å². The number of carboxylic acids is 2. The fourth-order valence-corrected chi connectivity index (χ4v) is 4.28. The quantitative estimate of drug-likeness (QED) is 0.221. The number of carboxylic acid groups (broad SMARTS) is 2. The van der Waals surface area contributed by atoms with E-state index in [1.165, 1.54) is 6.92 Å². The van der Waals surface area contributed by atoms with E-state index < -0.39 is 23.6 Å². The Morgan fingerprint density at radius 3 is 2.36 bits per heavy atom. The third kappa shape index (κ3) is 5.05. The lowest BCUT2D eigenvalue weighted by Crippen LogP contribution is -2.20. The van der Waals surface area contributed by atoms with Gasteiger partial charge in [0.25, 0.3) is 0 Å². The number of hydrogen-bond donors (Lipinski definition) is 2. The van der Waals surface area contributed by atoms with Crippen molar-refractivity contribution in [1.82, 2.24) is 9.55 Å². The van der Waals surface area contributed by atoms with Crippen molar-refractivity contribution in [2.24, 2.45) is 5.92 Å². The van der Waals surface area contributed by atoms with Crippen molar-refractivity contribution in [1.29, 1.82) is 0 Å². The van der Waals surface area contributed by atoms with Crippen molar-refractivity contribution in [2.45, 2.75) is 39.7 Å². The van der Waals surface area contributed by atoms with Crippen LogP contribution in [0.1, 0.15) is 58.8 Å². The molecule has 3 aromatic carbocycles. The molecule has 184 valence electrons. The molecule has 1 atom stereocenters. The van der Waals surface area contributed by atoms with Crippen LogP contribution in [0.2, 0.25) is 0 Å². The molecule has 0 saturated heterocycles. The maximum Gasteiger partial charge on any atom is 0.336 e. The summed E-state index contributed by atoms with van der Waals surface area (Å²) in [5.41, 5.74) is 4.61. The highest BCUT2D eigenvalue weighted by molar-refractivity contribution is 6.09. The first-order valence-electron chi connectivity index (χ1n) is 12.0. The van der Waals surface area contributed by atoms with Crippen LogP contribution in [-0.2, 0) is 17.8 Å². The molecule has 36 heavy (non-hydrogen) atoms. The highest BCUT2D eigenvalue weighted by Gasteiger charge is 2.23. The van der Waals surface area contributed by atoms with Crippen molar-refractivity contribution in [3.05, 3.63) is 89.2 Å². The molecule has 2 N–H and O–H groups in total. The summed E-state index contributed by atoms with van der Waals surface area (Å²) in [5.74, 6) is -2.78. The van der Waals surface area contributed by atoms with Gasteiger partial charge in [-0.25, -0.2) is 9.78 Å². The summed E-state index contributed by atoms with van der Waals surface area (Å²) in [6.07, 6.45) is 2.76. The van der Waals surface area contributed by atoms with Crippen LogP contribution in [0.5, 0.6) is 0 Å². The van der Waals surface area contributed by atoms with Crippen LogP contribution in [0.15, 0.2) is 66.7 Å². The molecule has 0 aliphatic carbocycles. The largest absolute Gasteiger partial charge is 0.481 e. The zero-order valence-corrected chi connectivity index (χ0v) is 20.3. The molecule has 1 aromatic heterocycles. The molecule has 0 fully saturated rings. The van der Waals surface area contributed by atoms with E-state index in [2.05, 4.69) is 11.5 Å². The number of carbonyl (C=O) groups excluding carboxylic acids is 1. The molecule has 1 heterocycles. The van der Waals surface area contributed by atoms with Crippen molar-refractivity contribution >= 4 is 28.8 Å². The molecule has 1 unspecified atom stereocenters. The molecule has 0 bridgehead atoms. The first-order valence-corrected chi connectivity index (χ1v) is 12.0. The van der Waals surface area contributed by atoms with Crippen LogP contribution in [0.3, 0.4) is 0 Å². The molecule has 0 radical (unpaired) electrons. The standard InChI is InChI=1S/C29H28N2O5/c1-3-4-9-26-30-24-15-14-21(27(32)18(2)28(33)34)16-25(24)31(26)17-19-10-12-20(13-11-19)22-7-5-6-8-23(22)29(35)36/h5-8,10-16,18H,3-4,9,17H2,1-2H3,(H,33,34)(H,35,36). The Morgan fingerprint density at radius 1 is 0.972 bits per heavy atom. The van der Waals surface area contributed by atoms with Gasteiger partial charge in [0.15, 0.2) is 5.78 Å². The summed E-state index contributed by atoms with van der Waals surface area (Å²) < 4.78 is 2.08. The number of imidazole rings is 1. The van der Waals surface area contributed by atoms with Crippen LogP contribution in [0.4, 0.5) is 0 Å². The predicted molar refractivity (Wildman–Crippen MR) is 137 cm³/mol. The van der Waals surface area contributed by atoms with Gasteiger partial charge in [-0.1, -0.05) is 55.8 Å². The lowest BCUT2D eigenvalue weighted by molar-refractivity contribution is -0.139. The molecule has 4 rings (SSSR count). The second kappa shape index (κ2) is 10.6. The van der Waals surface area contributed by atoms with Crippen molar-refractivity contribution in [3.8, 4) is 11.1 Å². The van der Waals surface area contributed by atoms with Gasteiger partial charge in [-0.05, 0) is 54.3 Å². The van der Waals surface area contributed by atoms with Gasteiger partial charge in [-0.15, -0.1) is 0 Å². The number of benzene rings is 3. The van der Waals surface area contributed by atoms with E-state index in [0.717, 1.165) is 47.2 Å². The SMILES string of the molecule is CCCCc1nc2ccc(C(=O)C(C)C(=O)O)cc2n1Cc1ccc(-c2ccccc2C(=O)O)cc1. The second-order valence-corrected chi connectivity index (χ2v) is 8.89. The van der Waals surface area contributed by atoms with Crippen molar-refractivity contribution < 1.29 is 24.6 Å². The number of fused-ring (bicyclic) bond motifs is 1. The van der Waals surface area contributed by atoms with Crippen LogP contribution >= 0.6 is 0 Å². The fourth-order valence-electron chi connectivity index (χ4n) is 4.28. The minimum Gasteiger partial charge on any atom is -0.481 e. The summed E-state index contributed by atoms with van der Waals surface area (Å²) in [6.45, 7) is 4.02. The van der Waals surface area contributed by atoms with Crippen LogP contribution < -0.4 is 0 Å². The van der Waals surface area contributed by atoms with Crippen molar-refractivity contribution in [3.63, 3.8) is 0 Å². The number of nitrogens with zero attached hydrogens (tertiary/aromatic N) is 2. The van der Waals surface area contributed by atoms with Crippen LogP contribution in [0, 0.1) is 5.92 Å². The number of aromatic nitrogens is 2.